The molecule has 9 heteroatoms. The van der Waals surface area contributed by atoms with Crippen molar-refractivity contribution < 1.29 is 27.4 Å². The van der Waals surface area contributed by atoms with E-state index in [0.717, 1.165) is 35.6 Å². The molecule has 21 heavy (non-hydrogen) atoms. The van der Waals surface area contributed by atoms with E-state index in [1.165, 1.54) is 0 Å². The summed E-state index contributed by atoms with van der Waals surface area (Å²) >= 11 is 0.844. The molecule has 0 saturated heterocycles. The maximum Gasteiger partial charge on any atom is 0.416 e. The Morgan fingerprint density at radius 2 is 1.90 bits per heavy atom. The molecule has 1 aromatic carbocycles. The zero-order valence-corrected chi connectivity index (χ0v) is 11.5. The molecule has 0 radical (unpaired) electrons. The van der Waals surface area contributed by atoms with E-state index >= 15 is 0 Å². The molecule has 0 saturated carbocycles. The van der Waals surface area contributed by atoms with Crippen LogP contribution >= 0.6 is 11.3 Å². The number of esters is 1. The summed E-state index contributed by atoms with van der Waals surface area (Å²) in [6, 6.07) is 4.10. The van der Waals surface area contributed by atoms with Gasteiger partial charge in [0.15, 0.2) is 0 Å². The lowest BCUT2D eigenvalue weighted by molar-refractivity contribution is -0.137. The molecule has 0 aliphatic carbocycles. The monoisotopic (exact) mass is 318 g/mol. The van der Waals surface area contributed by atoms with Gasteiger partial charge >= 0.3 is 12.1 Å². The Kier molecular flexibility index (Phi) is 4.41. The van der Waals surface area contributed by atoms with Gasteiger partial charge in [0.25, 0.3) is 5.19 Å². The van der Waals surface area contributed by atoms with E-state index in [2.05, 4.69) is 10.2 Å². The predicted molar refractivity (Wildman–Crippen MR) is 67.4 cm³/mol. The van der Waals surface area contributed by atoms with Gasteiger partial charge in [0.05, 0.1) is 12.2 Å². The summed E-state index contributed by atoms with van der Waals surface area (Å²) in [7, 11) is 0. The maximum atomic E-state index is 12.4. The molecular weight excluding hydrogens is 309 g/mol. The van der Waals surface area contributed by atoms with Crippen molar-refractivity contribution in [2.45, 2.75) is 13.1 Å². The molecule has 0 spiro atoms. The average Bonchev–Trinajstić information content (AvgIpc) is 2.87. The second-order valence-corrected chi connectivity index (χ2v) is 4.66. The Morgan fingerprint density at radius 1 is 1.24 bits per heavy atom. The molecule has 0 bridgehead atoms. The fourth-order valence-corrected chi connectivity index (χ4v) is 1.95. The third kappa shape index (κ3) is 3.91. The summed E-state index contributed by atoms with van der Waals surface area (Å²) in [5.41, 5.74) is -0.778. The van der Waals surface area contributed by atoms with E-state index in [9.17, 15) is 18.0 Å². The molecule has 0 fully saturated rings. The number of alkyl halides is 3. The van der Waals surface area contributed by atoms with Gasteiger partial charge in [0.1, 0.15) is 5.75 Å². The van der Waals surface area contributed by atoms with Crippen molar-refractivity contribution in [1.82, 2.24) is 10.2 Å². The standard InChI is InChI=1S/C12H9F3N2O3S/c1-2-19-10(18)9-16-17-11(21-9)20-8-5-3-7(4-6-8)12(13,14)15/h3-6H,2H2,1H3. The maximum absolute atomic E-state index is 12.4. The molecule has 1 aromatic heterocycles. The average molecular weight is 318 g/mol. The third-order valence-electron chi connectivity index (χ3n) is 2.24. The summed E-state index contributed by atoms with van der Waals surface area (Å²) < 4.78 is 47.2. The van der Waals surface area contributed by atoms with Crippen molar-refractivity contribution in [3.05, 3.63) is 34.8 Å². The van der Waals surface area contributed by atoms with Gasteiger partial charge in [-0.1, -0.05) is 5.10 Å². The molecule has 1 heterocycles. The van der Waals surface area contributed by atoms with Crippen LogP contribution in [-0.4, -0.2) is 22.8 Å². The Bertz CT molecular complexity index is 625. The Labute approximate surface area is 121 Å². The van der Waals surface area contributed by atoms with Crippen molar-refractivity contribution >= 4 is 17.3 Å². The van der Waals surface area contributed by atoms with Gasteiger partial charge in [-0.15, -0.1) is 5.10 Å². The molecule has 112 valence electrons. The summed E-state index contributed by atoms with van der Waals surface area (Å²) in [5.74, 6) is -0.466. The van der Waals surface area contributed by atoms with E-state index in [0.29, 0.717) is 0 Å². The van der Waals surface area contributed by atoms with E-state index in [1.807, 2.05) is 0 Å². The normalized spacial score (nSPS) is 11.2. The molecule has 0 aliphatic heterocycles. The number of ether oxygens (including phenoxy) is 2. The quantitative estimate of drug-likeness (QED) is 0.807. The molecule has 2 aromatic rings. The Hall–Kier alpha value is -2.16. The summed E-state index contributed by atoms with van der Waals surface area (Å²) in [6.07, 6.45) is -4.40. The van der Waals surface area contributed by atoms with E-state index < -0.39 is 17.7 Å². The van der Waals surface area contributed by atoms with Crippen LogP contribution in [0.2, 0.25) is 0 Å². The minimum atomic E-state index is -4.40. The van der Waals surface area contributed by atoms with Gasteiger partial charge in [-0.25, -0.2) is 4.79 Å². The third-order valence-corrected chi connectivity index (χ3v) is 3.02. The molecule has 0 amide bonds. The lowest BCUT2D eigenvalue weighted by Gasteiger charge is -2.07. The topological polar surface area (TPSA) is 61.3 Å². The van der Waals surface area contributed by atoms with Crippen LogP contribution in [0.15, 0.2) is 24.3 Å². The molecule has 0 atom stereocenters. The first kappa shape index (κ1) is 15.2. The van der Waals surface area contributed by atoms with Crippen LogP contribution in [-0.2, 0) is 10.9 Å². The first-order valence-corrected chi connectivity index (χ1v) is 6.57. The number of aromatic nitrogens is 2. The highest BCUT2D eigenvalue weighted by atomic mass is 32.1. The highest BCUT2D eigenvalue weighted by Gasteiger charge is 2.30. The van der Waals surface area contributed by atoms with Gasteiger partial charge < -0.3 is 9.47 Å². The molecule has 2 rings (SSSR count). The zero-order chi connectivity index (χ0) is 15.5. The fourth-order valence-electron chi connectivity index (χ4n) is 1.34. The lowest BCUT2D eigenvalue weighted by atomic mass is 10.2. The van der Waals surface area contributed by atoms with E-state index in [-0.39, 0.29) is 22.6 Å². The van der Waals surface area contributed by atoms with Crippen LogP contribution in [0.4, 0.5) is 13.2 Å². The minimum absolute atomic E-state index is 0.0127. The van der Waals surface area contributed by atoms with Gasteiger partial charge in [-0.05, 0) is 42.5 Å². The zero-order valence-electron chi connectivity index (χ0n) is 10.7. The highest BCUT2D eigenvalue weighted by molar-refractivity contribution is 7.14. The first-order valence-electron chi connectivity index (χ1n) is 5.76. The van der Waals surface area contributed by atoms with Crippen molar-refractivity contribution in [2.24, 2.45) is 0 Å². The summed E-state index contributed by atoms with van der Waals surface area (Å²) in [6.45, 7) is 1.85. The number of benzene rings is 1. The second kappa shape index (κ2) is 6.08. The highest BCUT2D eigenvalue weighted by Crippen LogP contribution is 2.32. The largest absolute Gasteiger partial charge is 0.461 e. The van der Waals surface area contributed by atoms with Crippen molar-refractivity contribution in [3.8, 4) is 10.9 Å². The van der Waals surface area contributed by atoms with Crippen molar-refractivity contribution in [3.63, 3.8) is 0 Å². The number of carbonyl (C=O) groups excluding carboxylic acids is 1. The molecular formula is C12H9F3N2O3S. The van der Waals surface area contributed by atoms with Crippen LogP contribution in [0.5, 0.6) is 10.9 Å². The molecule has 0 N–H and O–H groups in total. The number of hydrogen-bond donors (Lipinski definition) is 0. The first-order chi connectivity index (χ1) is 9.90. The Morgan fingerprint density at radius 3 is 2.48 bits per heavy atom. The molecule has 5 nitrogen and oxygen atoms in total. The van der Waals surface area contributed by atoms with Crippen LogP contribution in [0.3, 0.4) is 0 Å². The second-order valence-electron chi connectivity index (χ2n) is 3.72. The van der Waals surface area contributed by atoms with Gasteiger partial charge in [0, 0.05) is 0 Å². The SMILES string of the molecule is CCOC(=O)c1nnc(Oc2ccc(C(F)(F)F)cc2)s1. The van der Waals surface area contributed by atoms with Gasteiger partial charge in [-0.2, -0.15) is 13.2 Å². The minimum Gasteiger partial charge on any atom is -0.461 e. The van der Waals surface area contributed by atoms with E-state index in [4.69, 9.17) is 9.47 Å². The predicted octanol–water partition coefficient (Wildman–Crippen LogP) is 3.53. The van der Waals surface area contributed by atoms with Crippen molar-refractivity contribution in [2.75, 3.05) is 6.61 Å². The van der Waals surface area contributed by atoms with Gasteiger partial charge in [0.2, 0.25) is 5.01 Å². The summed E-state index contributed by atoms with van der Waals surface area (Å²) in [5, 5.41) is 7.24. The Balaban J connectivity index is 2.07. The number of halogens is 3. The van der Waals surface area contributed by atoms with Crippen LogP contribution in [0.1, 0.15) is 22.3 Å². The van der Waals surface area contributed by atoms with E-state index in [1.54, 1.807) is 6.92 Å². The van der Waals surface area contributed by atoms with Crippen molar-refractivity contribution in [1.29, 1.82) is 0 Å². The van der Waals surface area contributed by atoms with Crippen LogP contribution < -0.4 is 4.74 Å². The van der Waals surface area contributed by atoms with Crippen LogP contribution in [0.25, 0.3) is 0 Å². The number of carbonyl (C=O) groups is 1. The smallest absolute Gasteiger partial charge is 0.416 e. The van der Waals surface area contributed by atoms with Crippen LogP contribution in [0, 0.1) is 0 Å². The number of hydrogen-bond acceptors (Lipinski definition) is 6. The fraction of sp³-hybridized carbons (Fsp3) is 0.250. The molecule has 0 unspecified atom stereocenters. The molecule has 0 aliphatic rings. The summed E-state index contributed by atoms with van der Waals surface area (Å²) in [4.78, 5) is 11.4. The van der Waals surface area contributed by atoms with Gasteiger partial charge in [-0.3, -0.25) is 0 Å². The number of rotatable bonds is 4. The number of nitrogens with zero attached hydrogens (tertiary/aromatic N) is 2. The lowest BCUT2D eigenvalue weighted by Crippen LogP contribution is -2.03.